The van der Waals surface area contributed by atoms with Gasteiger partial charge in [-0.15, -0.1) is 35.3 Å². The lowest BCUT2D eigenvalue weighted by Gasteiger charge is -2.34. The van der Waals surface area contributed by atoms with E-state index in [1.807, 2.05) is 25.6 Å². The van der Waals surface area contributed by atoms with E-state index in [1.165, 1.54) is 131 Å². The minimum absolute atomic E-state index is 0.852. The van der Waals surface area contributed by atoms with Gasteiger partial charge < -0.3 is 0 Å². The molecule has 0 aromatic heterocycles. The van der Waals surface area contributed by atoms with E-state index >= 15 is 0 Å². The highest BCUT2D eigenvalue weighted by Gasteiger charge is 2.51. The summed E-state index contributed by atoms with van der Waals surface area (Å²) in [7, 11) is 0. The van der Waals surface area contributed by atoms with Crippen LogP contribution in [0.3, 0.4) is 0 Å². The SMILES string of the molecule is C/C=C1/CC2CC1C(C)C2C(C)CCCC.C/C=C1/CC2CC1C(C)C2C(C)CCCC.CC.CCCCC(C)C1C2C/C(=C/CSC(=S)Sc3ccccc3)C(C2)C1C.CCCc1ccccc1.S=C(SCCc1ccccc1)SCCc1ccccc1. The monoisotopic (exact) mass is 1310 g/mol. The largest absolute Gasteiger partial charge is 0.109 e. The smallest absolute Gasteiger partial charge is 0.107 e. The Morgan fingerprint density at radius 1 is 0.449 bits per heavy atom. The first-order chi connectivity index (χ1) is 43.2. The topological polar surface area (TPSA) is 0 Å². The summed E-state index contributed by atoms with van der Waals surface area (Å²) in [4.78, 5) is 1.25. The van der Waals surface area contributed by atoms with Crippen molar-refractivity contribution < 1.29 is 0 Å². The van der Waals surface area contributed by atoms with Crippen LogP contribution < -0.4 is 0 Å². The molecular formula is C83H124S6. The minimum atomic E-state index is 0.852. The van der Waals surface area contributed by atoms with Crippen LogP contribution in [0.2, 0.25) is 0 Å². The first kappa shape index (κ1) is 77.4. The molecule has 0 aliphatic heterocycles. The van der Waals surface area contributed by atoms with Gasteiger partial charge in [-0.05, 0) is 189 Å². The molecule has 0 heterocycles. The summed E-state index contributed by atoms with van der Waals surface area (Å²) < 4.78 is 2.10. The van der Waals surface area contributed by atoms with Gasteiger partial charge in [0.25, 0.3) is 0 Å². The molecule has 89 heavy (non-hydrogen) atoms. The number of benzene rings is 4. The van der Waals surface area contributed by atoms with Gasteiger partial charge in [-0.25, -0.2) is 0 Å². The molecule has 6 aliphatic carbocycles. The van der Waals surface area contributed by atoms with E-state index in [-0.39, 0.29) is 0 Å². The Morgan fingerprint density at radius 3 is 1.12 bits per heavy atom. The molecule has 6 bridgehead atoms. The molecule has 0 N–H and O–H groups in total. The maximum absolute atomic E-state index is 5.56. The van der Waals surface area contributed by atoms with Crippen LogP contribution in [0.1, 0.15) is 216 Å². The van der Waals surface area contributed by atoms with Crippen LogP contribution >= 0.6 is 71.5 Å². The van der Waals surface area contributed by atoms with Crippen molar-refractivity contribution in [1.29, 1.82) is 0 Å². The number of fused-ring (bicyclic) bond motifs is 6. The average Bonchev–Trinajstić information content (AvgIpc) is 1.67. The normalized spacial score (nSPS) is 27.2. The summed E-state index contributed by atoms with van der Waals surface area (Å²) in [5, 5.41) is 0. The molecule has 0 radical (unpaired) electrons. The predicted molar refractivity (Wildman–Crippen MR) is 415 cm³/mol. The first-order valence-corrected chi connectivity index (χ1v) is 40.6. The molecule has 0 saturated heterocycles. The lowest BCUT2D eigenvalue weighted by Crippen LogP contribution is -2.27. The fraction of sp³-hybridized carbons (Fsp3) is 0.614. The van der Waals surface area contributed by atoms with Gasteiger partial charge in [-0.3, -0.25) is 0 Å². The second-order valence-electron chi connectivity index (χ2n) is 27.2. The molecule has 0 nitrogen and oxygen atoms in total. The van der Waals surface area contributed by atoms with Gasteiger partial charge in [0, 0.05) is 22.2 Å². The standard InChI is InChI=1S/C23H32S3.C17H18S3.2C16H28.C9H12.C2H6/c1-4-5-9-16(2)22-17(3)21-15-19(22)14-18(21)12-13-25-23(24)26-20-10-7-6-8-11-20;18-17(19-13-11-15-7-3-1-4-8-15)20-14-12-16-9-5-2-6-10-16;2*1-5-7-8-11(3)16-12(4)15-10-14(16)9-13(15)6-2;1-2-6-9-7-4-3-5-8-9;1-2/h6-8,10-12,16-17,19,21-22H,4-5,9,13-15H2,1-3H3;1-10H,11-14H2;2*6,11-12,14-16H,5,7-10H2,1-4H3;3-5,7-8H,2,6H2,1H3;1-2H3/b18-12-;;2*13-6-;;. The van der Waals surface area contributed by atoms with Gasteiger partial charge in [0.15, 0.2) is 0 Å². The van der Waals surface area contributed by atoms with Crippen molar-refractivity contribution in [2.45, 2.75) is 224 Å². The van der Waals surface area contributed by atoms with Gasteiger partial charge in [0.1, 0.15) is 7.06 Å². The first-order valence-electron chi connectivity index (χ1n) is 36.0. The maximum atomic E-state index is 5.56. The van der Waals surface area contributed by atoms with Gasteiger partial charge >= 0.3 is 0 Å². The van der Waals surface area contributed by atoms with Crippen molar-refractivity contribution in [2.75, 3.05) is 17.3 Å². The molecule has 492 valence electrons. The Balaban J connectivity index is 0.000000207. The molecule has 15 unspecified atom stereocenters. The van der Waals surface area contributed by atoms with Gasteiger partial charge in [-0.2, -0.15) is 0 Å². The van der Waals surface area contributed by atoms with Crippen LogP contribution in [-0.2, 0) is 19.3 Å². The molecule has 4 aromatic carbocycles. The van der Waals surface area contributed by atoms with Crippen LogP contribution in [0.15, 0.2) is 161 Å². The Morgan fingerprint density at radius 2 is 0.787 bits per heavy atom. The third-order valence-electron chi connectivity index (χ3n) is 21.5. The third kappa shape index (κ3) is 25.1. The molecule has 10 rings (SSSR count). The number of thiocarbonyl (C=S) groups is 2. The van der Waals surface area contributed by atoms with Gasteiger partial charge in [0.2, 0.25) is 0 Å². The van der Waals surface area contributed by atoms with Crippen LogP contribution in [0.4, 0.5) is 0 Å². The summed E-state index contributed by atoms with van der Waals surface area (Å²) >= 11 is 18.1. The maximum Gasteiger partial charge on any atom is 0.109 e. The molecular weight excluding hydrogens is 1190 g/mol. The molecule has 0 spiro atoms. The van der Waals surface area contributed by atoms with Crippen molar-refractivity contribution in [3.8, 4) is 0 Å². The quantitative estimate of drug-likeness (QED) is 0.0409. The van der Waals surface area contributed by atoms with Crippen molar-refractivity contribution in [1.82, 2.24) is 0 Å². The van der Waals surface area contributed by atoms with Gasteiger partial charge in [-0.1, -0.05) is 328 Å². The fourth-order valence-electron chi connectivity index (χ4n) is 17.3. The molecule has 6 aliphatic rings. The summed E-state index contributed by atoms with van der Waals surface area (Å²) in [6.07, 6.45) is 33.2. The van der Waals surface area contributed by atoms with E-state index in [4.69, 9.17) is 24.4 Å². The summed E-state index contributed by atoms with van der Waals surface area (Å²) in [6, 6.07) is 42.2. The molecule has 4 aromatic rings. The van der Waals surface area contributed by atoms with Gasteiger partial charge in [0.05, 0.1) is 0 Å². The number of unbranched alkanes of at least 4 members (excludes halogenated alkanes) is 3. The highest BCUT2D eigenvalue weighted by Crippen LogP contribution is 2.60. The highest BCUT2D eigenvalue weighted by atomic mass is 32.2. The van der Waals surface area contributed by atoms with Crippen LogP contribution in [0.5, 0.6) is 0 Å². The van der Waals surface area contributed by atoms with Crippen molar-refractivity contribution in [3.63, 3.8) is 0 Å². The second-order valence-corrected chi connectivity index (χ2v) is 33.9. The summed E-state index contributed by atoms with van der Waals surface area (Å²) in [6.45, 7) is 32.7. The molecule has 0 amide bonds. The van der Waals surface area contributed by atoms with Crippen molar-refractivity contribution in [2.24, 2.45) is 88.8 Å². The zero-order chi connectivity index (χ0) is 64.5. The Bertz CT molecular complexity index is 2510. The van der Waals surface area contributed by atoms with E-state index < -0.39 is 0 Å². The lowest BCUT2D eigenvalue weighted by atomic mass is 9.71. The minimum Gasteiger partial charge on any atom is -0.107 e. The number of hydrogen-bond donors (Lipinski definition) is 0. The summed E-state index contributed by atoms with van der Waals surface area (Å²) in [5.41, 5.74) is 9.50. The number of aryl methyl sites for hydroxylation is 3. The number of allylic oxidation sites excluding steroid dienone is 5. The molecule has 15 atom stereocenters. The number of thioether (sulfide) groups is 4. The third-order valence-corrected chi connectivity index (χ3v) is 26.6. The van der Waals surface area contributed by atoms with E-state index in [2.05, 4.69) is 223 Å². The molecule has 6 heteroatoms. The van der Waals surface area contributed by atoms with E-state index in [1.54, 1.807) is 52.0 Å². The van der Waals surface area contributed by atoms with Crippen LogP contribution in [-0.4, -0.2) is 24.3 Å². The highest BCUT2D eigenvalue weighted by molar-refractivity contribution is 8.47. The van der Waals surface area contributed by atoms with Crippen molar-refractivity contribution in [3.05, 3.63) is 173 Å². The van der Waals surface area contributed by atoms with Crippen LogP contribution in [0.25, 0.3) is 0 Å². The Kier molecular flexibility index (Phi) is 37.9. The molecule has 6 fully saturated rings. The Labute approximate surface area is 576 Å². The fourth-order valence-corrected chi connectivity index (χ4v) is 21.8. The second kappa shape index (κ2) is 43.6. The number of rotatable bonds is 23. The predicted octanol–water partition coefficient (Wildman–Crippen LogP) is 26.8. The van der Waals surface area contributed by atoms with Crippen molar-refractivity contribution >= 4 is 78.5 Å². The van der Waals surface area contributed by atoms with E-state index in [0.29, 0.717) is 0 Å². The zero-order valence-corrected chi connectivity index (χ0v) is 63.3. The lowest BCUT2D eigenvalue weighted by molar-refractivity contribution is 0.185. The van der Waals surface area contributed by atoms with E-state index in [9.17, 15) is 0 Å². The Hall–Kier alpha value is -2.32. The zero-order valence-electron chi connectivity index (χ0n) is 58.4. The molecule has 6 saturated carbocycles. The number of hydrogen-bond acceptors (Lipinski definition) is 6. The van der Waals surface area contributed by atoms with Crippen LogP contribution in [0, 0.1) is 88.8 Å². The van der Waals surface area contributed by atoms with E-state index in [0.717, 1.165) is 126 Å². The average molecular weight is 1310 g/mol. The summed E-state index contributed by atoms with van der Waals surface area (Å²) in [5.74, 6) is 17.6.